The van der Waals surface area contributed by atoms with Crippen LogP contribution < -0.4 is 5.32 Å². The molecule has 1 N–H and O–H groups in total. The van der Waals surface area contributed by atoms with Gasteiger partial charge in [-0.15, -0.1) is 0 Å². The first-order valence-corrected chi connectivity index (χ1v) is 8.51. The number of nitrogens with zero attached hydrogens (tertiary/aromatic N) is 2. The van der Waals surface area contributed by atoms with Gasteiger partial charge in [0.05, 0.1) is 17.7 Å². The summed E-state index contributed by atoms with van der Waals surface area (Å²) in [5.41, 5.74) is 1.59. The number of amides is 2. The predicted molar refractivity (Wildman–Crippen MR) is 91.9 cm³/mol. The first-order chi connectivity index (χ1) is 11.4. The molecule has 1 aliphatic heterocycles. The van der Waals surface area contributed by atoms with Gasteiger partial charge in [-0.05, 0) is 37.5 Å². The highest BCUT2D eigenvalue weighted by Gasteiger charge is 2.28. The quantitative estimate of drug-likeness (QED) is 0.924. The van der Waals surface area contributed by atoms with Gasteiger partial charge in [0.2, 0.25) is 11.8 Å². The van der Waals surface area contributed by atoms with Gasteiger partial charge in [-0.3, -0.25) is 9.59 Å². The topological polar surface area (TPSA) is 73.2 Å². The summed E-state index contributed by atoms with van der Waals surface area (Å²) in [7, 11) is 0. The molecule has 0 saturated carbocycles. The molecule has 1 saturated heterocycles. The summed E-state index contributed by atoms with van der Waals surface area (Å²) in [6.45, 7) is 7.05. The van der Waals surface area contributed by atoms with Crippen molar-refractivity contribution in [1.82, 2.24) is 10.2 Å². The Morgan fingerprint density at radius 1 is 1.17 bits per heavy atom. The standard InChI is InChI=1S/C19H25N3O2/c1-13(2)19(24)22-10-8-17(9-11-22)18(23)21-14(3)16-6-4-15(12-20)5-7-16/h4-7,13-14,17H,8-11H2,1-3H3,(H,21,23). The second kappa shape index (κ2) is 7.96. The Morgan fingerprint density at radius 2 is 1.75 bits per heavy atom. The van der Waals surface area contributed by atoms with Gasteiger partial charge in [0, 0.05) is 24.9 Å². The van der Waals surface area contributed by atoms with Crippen LogP contribution in [0.5, 0.6) is 0 Å². The van der Waals surface area contributed by atoms with Crippen molar-refractivity contribution in [2.24, 2.45) is 11.8 Å². The monoisotopic (exact) mass is 327 g/mol. The fourth-order valence-corrected chi connectivity index (χ4v) is 2.99. The zero-order valence-electron chi connectivity index (χ0n) is 14.6. The third kappa shape index (κ3) is 4.35. The van der Waals surface area contributed by atoms with E-state index in [0.717, 1.165) is 5.56 Å². The van der Waals surface area contributed by atoms with Crippen molar-refractivity contribution < 1.29 is 9.59 Å². The largest absolute Gasteiger partial charge is 0.349 e. The number of carbonyl (C=O) groups excluding carboxylic acids is 2. The lowest BCUT2D eigenvalue weighted by atomic mass is 9.94. The molecule has 0 aliphatic carbocycles. The minimum atomic E-state index is -0.0967. The number of rotatable bonds is 4. The Balaban J connectivity index is 1.86. The van der Waals surface area contributed by atoms with Crippen LogP contribution in [0, 0.1) is 23.2 Å². The summed E-state index contributed by atoms with van der Waals surface area (Å²) in [4.78, 5) is 26.3. The van der Waals surface area contributed by atoms with Crippen LogP contribution in [0.15, 0.2) is 24.3 Å². The van der Waals surface area contributed by atoms with Crippen LogP contribution in [0.3, 0.4) is 0 Å². The smallest absolute Gasteiger partial charge is 0.225 e. The molecule has 1 aliphatic rings. The van der Waals surface area contributed by atoms with Crippen LogP contribution >= 0.6 is 0 Å². The zero-order chi connectivity index (χ0) is 17.7. The molecule has 5 heteroatoms. The summed E-state index contributed by atoms with van der Waals surface area (Å²) in [6.07, 6.45) is 1.43. The highest BCUT2D eigenvalue weighted by molar-refractivity contribution is 5.81. The molecular formula is C19H25N3O2. The molecule has 0 radical (unpaired) electrons. The maximum Gasteiger partial charge on any atom is 0.225 e. The van der Waals surface area contributed by atoms with Crippen LogP contribution in [0.2, 0.25) is 0 Å². The van der Waals surface area contributed by atoms with E-state index in [1.165, 1.54) is 0 Å². The van der Waals surface area contributed by atoms with E-state index in [0.29, 0.717) is 31.5 Å². The van der Waals surface area contributed by atoms with Crippen LogP contribution in [0.25, 0.3) is 0 Å². The highest BCUT2D eigenvalue weighted by Crippen LogP contribution is 2.21. The number of nitriles is 1. The van der Waals surface area contributed by atoms with E-state index in [1.54, 1.807) is 12.1 Å². The molecule has 128 valence electrons. The fourth-order valence-electron chi connectivity index (χ4n) is 2.99. The van der Waals surface area contributed by atoms with Crippen molar-refractivity contribution in [2.45, 2.75) is 39.7 Å². The molecule has 1 heterocycles. The summed E-state index contributed by atoms with van der Waals surface area (Å²) in [5, 5.41) is 11.9. The molecular weight excluding hydrogens is 302 g/mol. The summed E-state index contributed by atoms with van der Waals surface area (Å²) < 4.78 is 0. The summed E-state index contributed by atoms with van der Waals surface area (Å²) in [5.74, 6) is 0.178. The average Bonchev–Trinajstić information content (AvgIpc) is 2.61. The third-order valence-electron chi connectivity index (χ3n) is 4.57. The van der Waals surface area contributed by atoms with Crippen LogP contribution in [0.4, 0.5) is 0 Å². The number of hydrogen-bond acceptors (Lipinski definition) is 3. The van der Waals surface area contributed by atoms with Gasteiger partial charge in [0.15, 0.2) is 0 Å². The van der Waals surface area contributed by atoms with E-state index in [2.05, 4.69) is 11.4 Å². The van der Waals surface area contributed by atoms with Gasteiger partial charge < -0.3 is 10.2 Å². The van der Waals surface area contributed by atoms with Gasteiger partial charge >= 0.3 is 0 Å². The van der Waals surface area contributed by atoms with Crippen LogP contribution in [-0.2, 0) is 9.59 Å². The van der Waals surface area contributed by atoms with Crippen molar-refractivity contribution in [3.63, 3.8) is 0 Å². The van der Waals surface area contributed by atoms with E-state index < -0.39 is 0 Å². The van der Waals surface area contributed by atoms with Gasteiger partial charge in [-0.25, -0.2) is 0 Å². The van der Waals surface area contributed by atoms with Crippen LogP contribution in [0.1, 0.15) is 50.8 Å². The second-order valence-electron chi connectivity index (χ2n) is 6.72. The zero-order valence-corrected chi connectivity index (χ0v) is 14.6. The predicted octanol–water partition coefficient (Wildman–Crippen LogP) is 2.63. The second-order valence-corrected chi connectivity index (χ2v) is 6.72. The molecule has 1 atom stereocenters. The lowest BCUT2D eigenvalue weighted by Gasteiger charge is -2.33. The number of likely N-dealkylation sites (tertiary alicyclic amines) is 1. The van der Waals surface area contributed by atoms with Crippen LogP contribution in [-0.4, -0.2) is 29.8 Å². The first kappa shape index (κ1) is 18.0. The van der Waals surface area contributed by atoms with Crippen molar-refractivity contribution in [3.8, 4) is 6.07 Å². The van der Waals surface area contributed by atoms with Crippen molar-refractivity contribution in [3.05, 3.63) is 35.4 Å². The lowest BCUT2D eigenvalue weighted by Crippen LogP contribution is -2.44. The first-order valence-electron chi connectivity index (χ1n) is 8.51. The third-order valence-corrected chi connectivity index (χ3v) is 4.57. The summed E-state index contributed by atoms with van der Waals surface area (Å²) >= 11 is 0. The molecule has 0 bridgehead atoms. The fraction of sp³-hybridized carbons (Fsp3) is 0.526. The molecule has 0 aromatic heterocycles. The number of hydrogen-bond donors (Lipinski definition) is 1. The highest BCUT2D eigenvalue weighted by atomic mass is 16.2. The Bertz CT molecular complexity index is 623. The number of nitrogens with one attached hydrogen (secondary N) is 1. The molecule has 5 nitrogen and oxygen atoms in total. The van der Waals surface area contributed by atoms with Gasteiger partial charge in [-0.2, -0.15) is 5.26 Å². The Labute approximate surface area is 143 Å². The van der Waals surface area contributed by atoms with E-state index in [9.17, 15) is 9.59 Å². The van der Waals surface area contributed by atoms with E-state index >= 15 is 0 Å². The normalized spacial score (nSPS) is 16.5. The molecule has 1 aromatic rings. The molecule has 1 aromatic carbocycles. The molecule has 24 heavy (non-hydrogen) atoms. The maximum atomic E-state index is 12.4. The van der Waals surface area contributed by atoms with Gasteiger partial charge in [0.1, 0.15) is 0 Å². The van der Waals surface area contributed by atoms with Crippen molar-refractivity contribution >= 4 is 11.8 Å². The minimum Gasteiger partial charge on any atom is -0.349 e. The van der Waals surface area contributed by atoms with E-state index in [1.807, 2.05) is 37.8 Å². The van der Waals surface area contributed by atoms with Crippen molar-refractivity contribution in [2.75, 3.05) is 13.1 Å². The van der Waals surface area contributed by atoms with E-state index in [4.69, 9.17) is 5.26 Å². The number of benzene rings is 1. The minimum absolute atomic E-state index is 0.00628. The molecule has 1 fully saturated rings. The van der Waals surface area contributed by atoms with E-state index in [-0.39, 0.29) is 29.7 Å². The van der Waals surface area contributed by atoms with Crippen molar-refractivity contribution in [1.29, 1.82) is 5.26 Å². The number of piperidine rings is 1. The molecule has 2 amide bonds. The van der Waals surface area contributed by atoms with Gasteiger partial charge in [-0.1, -0.05) is 26.0 Å². The number of carbonyl (C=O) groups is 2. The Hall–Kier alpha value is -2.35. The molecule has 2 rings (SSSR count). The molecule has 1 unspecified atom stereocenters. The maximum absolute atomic E-state index is 12.4. The average molecular weight is 327 g/mol. The Kier molecular flexibility index (Phi) is 5.97. The summed E-state index contributed by atoms with van der Waals surface area (Å²) in [6, 6.07) is 9.24. The van der Waals surface area contributed by atoms with Gasteiger partial charge in [0.25, 0.3) is 0 Å². The lowest BCUT2D eigenvalue weighted by molar-refractivity contribution is -0.138. The SMILES string of the molecule is CC(C)C(=O)N1CCC(C(=O)NC(C)c2ccc(C#N)cc2)CC1. The molecule has 0 spiro atoms. The Morgan fingerprint density at radius 3 is 2.25 bits per heavy atom.